The van der Waals surface area contributed by atoms with E-state index in [-0.39, 0.29) is 0 Å². The van der Waals surface area contributed by atoms with E-state index in [1.54, 1.807) is 12.3 Å². The molecule has 20 heavy (non-hydrogen) atoms. The molecule has 1 N–H and O–H groups in total. The Labute approximate surface area is 120 Å². The molecule has 0 amide bonds. The lowest BCUT2D eigenvalue weighted by atomic mass is 10.1. The van der Waals surface area contributed by atoms with Crippen molar-refractivity contribution in [3.8, 4) is 5.75 Å². The number of rotatable bonds is 8. The summed E-state index contributed by atoms with van der Waals surface area (Å²) in [6.45, 7) is 5.87. The first-order valence-corrected chi connectivity index (χ1v) is 7.12. The molecule has 4 heteroatoms. The van der Waals surface area contributed by atoms with Crippen molar-refractivity contribution in [2.75, 3.05) is 6.54 Å². The first-order valence-electron chi connectivity index (χ1n) is 7.12. The van der Waals surface area contributed by atoms with Gasteiger partial charge in [0.2, 0.25) is 0 Å². The average molecular weight is 274 g/mol. The molecule has 1 heterocycles. The summed E-state index contributed by atoms with van der Waals surface area (Å²) in [5, 5.41) is 7.13. The summed E-state index contributed by atoms with van der Waals surface area (Å²) in [6, 6.07) is 10.5. The van der Waals surface area contributed by atoms with Crippen molar-refractivity contribution < 1.29 is 9.26 Å². The van der Waals surface area contributed by atoms with Crippen molar-refractivity contribution in [1.29, 1.82) is 0 Å². The van der Waals surface area contributed by atoms with Gasteiger partial charge in [0, 0.05) is 12.1 Å². The van der Waals surface area contributed by atoms with Crippen molar-refractivity contribution in [3.63, 3.8) is 0 Å². The molecule has 1 aromatic carbocycles. The molecule has 108 valence electrons. The Kier molecular flexibility index (Phi) is 5.62. The second kappa shape index (κ2) is 7.70. The van der Waals surface area contributed by atoms with Crippen LogP contribution in [-0.2, 0) is 13.0 Å². The summed E-state index contributed by atoms with van der Waals surface area (Å²) in [7, 11) is 0. The van der Waals surface area contributed by atoms with Gasteiger partial charge in [-0.05, 0) is 44.0 Å². The zero-order valence-corrected chi connectivity index (χ0v) is 12.1. The number of benzene rings is 1. The minimum absolute atomic E-state index is 0.411. The van der Waals surface area contributed by atoms with E-state index in [4.69, 9.17) is 9.26 Å². The van der Waals surface area contributed by atoms with Gasteiger partial charge in [-0.2, -0.15) is 0 Å². The Balaban J connectivity index is 1.80. The molecule has 4 nitrogen and oxygen atoms in total. The van der Waals surface area contributed by atoms with Gasteiger partial charge in [-0.15, -0.1) is 0 Å². The van der Waals surface area contributed by atoms with E-state index < -0.39 is 0 Å². The SMILES string of the molecule is CCCNC(C)Cc1ccc(OCc2ccno2)cc1. The summed E-state index contributed by atoms with van der Waals surface area (Å²) >= 11 is 0. The van der Waals surface area contributed by atoms with Crippen LogP contribution in [0.1, 0.15) is 31.6 Å². The lowest BCUT2D eigenvalue weighted by molar-refractivity contribution is 0.249. The van der Waals surface area contributed by atoms with Crippen LogP contribution in [0, 0.1) is 0 Å². The monoisotopic (exact) mass is 274 g/mol. The molecular formula is C16H22N2O2. The van der Waals surface area contributed by atoms with Gasteiger partial charge in [-0.1, -0.05) is 24.2 Å². The van der Waals surface area contributed by atoms with Crippen molar-refractivity contribution in [2.24, 2.45) is 0 Å². The standard InChI is InChI=1S/C16H22N2O2/c1-3-9-17-13(2)11-14-4-6-15(7-5-14)19-12-16-8-10-18-20-16/h4-8,10,13,17H,3,9,11-12H2,1-2H3. The van der Waals surface area contributed by atoms with Crippen LogP contribution < -0.4 is 10.1 Å². The Morgan fingerprint density at radius 2 is 2.05 bits per heavy atom. The summed E-state index contributed by atoms with van der Waals surface area (Å²) in [4.78, 5) is 0. The topological polar surface area (TPSA) is 47.3 Å². The molecule has 0 aliphatic carbocycles. The van der Waals surface area contributed by atoms with Gasteiger partial charge >= 0.3 is 0 Å². The molecule has 0 saturated heterocycles. The molecule has 1 aromatic heterocycles. The van der Waals surface area contributed by atoms with Gasteiger partial charge in [0.05, 0.1) is 6.20 Å². The normalized spacial score (nSPS) is 12.3. The number of nitrogens with zero attached hydrogens (tertiary/aromatic N) is 1. The highest BCUT2D eigenvalue weighted by atomic mass is 16.5. The minimum atomic E-state index is 0.411. The highest BCUT2D eigenvalue weighted by Crippen LogP contribution is 2.15. The third kappa shape index (κ3) is 4.70. The van der Waals surface area contributed by atoms with Gasteiger partial charge in [0.25, 0.3) is 0 Å². The fourth-order valence-electron chi connectivity index (χ4n) is 2.01. The number of aromatic nitrogens is 1. The van der Waals surface area contributed by atoms with Crippen molar-refractivity contribution >= 4 is 0 Å². The zero-order valence-electron chi connectivity index (χ0n) is 12.1. The molecule has 2 rings (SSSR count). The van der Waals surface area contributed by atoms with Crippen molar-refractivity contribution in [2.45, 2.75) is 39.3 Å². The van der Waals surface area contributed by atoms with Crippen LogP contribution in [-0.4, -0.2) is 17.7 Å². The maximum absolute atomic E-state index is 5.63. The Morgan fingerprint density at radius 1 is 1.25 bits per heavy atom. The molecule has 0 aliphatic heterocycles. The van der Waals surface area contributed by atoms with E-state index in [0.29, 0.717) is 12.6 Å². The fraction of sp³-hybridized carbons (Fsp3) is 0.438. The van der Waals surface area contributed by atoms with Crippen LogP contribution in [0.15, 0.2) is 41.1 Å². The Morgan fingerprint density at radius 3 is 2.70 bits per heavy atom. The van der Waals surface area contributed by atoms with Crippen LogP contribution in [0.4, 0.5) is 0 Å². The summed E-state index contributed by atoms with van der Waals surface area (Å²) in [5.41, 5.74) is 1.31. The second-order valence-electron chi connectivity index (χ2n) is 4.97. The van der Waals surface area contributed by atoms with Crippen LogP contribution in [0.2, 0.25) is 0 Å². The van der Waals surface area contributed by atoms with Gasteiger partial charge in [-0.3, -0.25) is 0 Å². The summed E-state index contributed by atoms with van der Waals surface area (Å²) in [5.74, 6) is 1.57. The van der Waals surface area contributed by atoms with Gasteiger partial charge < -0.3 is 14.6 Å². The van der Waals surface area contributed by atoms with Crippen LogP contribution >= 0.6 is 0 Å². The van der Waals surface area contributed by atoms with E-state index in [2.05, 4.69) is 36.5 Å². The predicted octanol–water partition coefficient (Wildman–Crippen LogP) is 3.18. The van der Waals surface area contributed by atoms with E-state index >= 15 is 0 Å². The molecule has 0 aliphatic rings. The van der Waals surface area contributed by atoms with E-state index in [0.717, 1.165) is 24.5 Å². The lowest BCUT2D eigenvalue weighted by Crippen LogP contribution is -2.28. The van der Waals surface area contributed by atoms with E-state index in [1.807, 2.05) is 12.1 Å². The van der Waals surface area contributed by atoms with Gasteiger partial charge in [0.1, 0.15) is 12.4 Å². The molecule has 2 aromatic rings. The Hall–Kier alpha value is -1.81. The highest BCUT2D eigenvalue weighted by molar-refractivity contribution is 5.27. The number of hydrogen-bond donors (Lipinski definition) is 1. The first kappa shape index (κ1) is 14.6. The van der Waals surface area contributed by atoms with E-state index in [1.165, 1.54) is 12.0 Å². The van der Waals surface area contributed by atoms with Crippen molar-refractivity contribution in [1.82, 2.24) is 10.5 Å². The highest BCUT2D eigenvalue weighted by Gasteiger charge is 2.03. The summed E-state index contributed by atoms with van der Waals surface area (Å²) < 4.78 is 10.6. The third-order valence-corrected chi connectivity index (χ3v) is 3.08. The molecule has 0 spiro atoms. The average Bonchev–Trinajstić information content (AvgIpc) is 2.98. The zero-order chi connectivity index (χ0) is 14.2. The third-order valence-electron chi connectivity index (χ3n) is 3.08. The molecular weight excluding hydrogens is 252 g/mol. The molecule has 1 unspecified atom stereocenters. The van der Waals surface area contributed by atoms with E-state index in [9.17, 15) is 0 Å². The smallest absolute Gasteiger partial charge is 0.174 e. The lowest BCUT2D eigenvalue weighted by Gasteiger charge is -2.13. The molecule has 0 saturated carbocycles. The second-order valence-corrected chi connectivity index (χ2v) is 4.97. The largest absolute Gasteiger partial charge is 0.486 e. The van der Waals surface area contributed by atoms with Crippen molar-refractivity contribution in [3.05, 3.63) is 47.9 Å². The predicted molar refractivity (Wildman–Crippen MR) is 78.7 cm³/mol. The molecule has 0 fully saturated rings. The molecule has 0 radical (unpaired) electrons. The van der Waals surface area contributed by atoms with Crippen LogP contribution in [0.25, 0.3) is 0 Å². The minimum Gasteiger partial charge on any atom is -0.486 e. The van der Waals surface area contributed by atoms with Gasteiger partial charge in [-0.25, -0.2) is 0 Å². The maximum Gasteiger partial charge on any atom is 0.174 e. The fourth-order valence-corrected chi connectivity index (χ4v) is 2.01. The van der Waals surface area contributed by atoms with Crippen LogP contribution in [0.3, 0.4) is 0 Å². The molecule has 0 bridgehead atoms. The maximum atomic E-state index is 5.63. The van der Waals surface area contributed by atoms with Gasteiger partial charge in [0.15, 0.2) is 5.76 Å². The quantitative estimate of drug-likeness (QED) is 0.803. The number of hydrogen-bond acceptors (Lipinski definition) is 4. The first-order chi connectivity index (χ1) is 9.78. The Bertz CT molecular complexity index is 480. The molecule has 1 atom stereocenters. The number of nitrogens with one attached hydrogen (secondary N) is 1. The summed E-state index contributed by atoms with van der Waals surface area (Å²) in [6.07, 6.45) is 3.81. The number of ether oxygens (including phenoxy) is 1. The van der Waals surface area contributed by atoms with Crippen LogP contribution in [0.5, 0.6) is 5.75 Å².